The number of hydrogen-bond acceptors (Lipinski definition) is 7. The summed E-state index contributed by atoms with van der Waals surface area (Å²) < 4.78 is 22.8. The maximum Gasteiger partial charge on any atom is 0.124 e. The molecule has 0 atom stereocenters. The smallest absolute Gasteiger partial charge is 0.124 e. The van der Waals surface area contributed by atoms with Crippen LogP contribution in [0.5, 0.6) is 5.75 Å². The van der Waals surface area contributed by atoms with Crippen LogP contribution in [0.1, 0.15) is 0 Å². The number of aliphatic hydroxyl groups excluding tert-OH is 1. The highest BCUT2D eigenvalue weighted by Crippen LogP contribution is 2.30. The minimum absolute atomic E-state index is 0.0355. The van der Waals surface area contributed by atoms with Gasteiger partial charge in [0.05, 0.1) is 56.5 Å². The number of hydrogen-bond donors (Lipinski definition) is 1. The Morgan fingerprint density at radius 2 is 1.39 bits per heavy atom. The molecule has 2 aromatic carbocycles. The lowest BCUT2D eigenvalue weighted by Gasteiger charge is -2.08. The second-order valence-electron chi connectivity index (χ2n) is 5.92. The van der Waals surface area contributed by atoms with E-state index in [-0.39, 0.29) is 6.61 Å². The highest BCUT2D eigenvalue weighted by atomic mass is 32.1. The van der Waals surface area contributed by atoms with E-state index in [0.29, 0.717) is 46.2 Å². The van der Waals surface area contributed by atoms with Gasteiger partial charge in [0.15, 0.2) is 0 Å². The molecule has 0 aliphatic heterocycles. The number of aromatic nitrogens is 1. The average molecular weight is 404 g/mol. The summed E-state index contributed by atoms with van der Waals surface area (Å²) in [4.78, 5) is 4.67. The molecule has 3 aromatic rings. The predicted octanol–water partition coefficient (Wildman–Crippen LogP) is 3.38. The van der Waals surface area contributed by atoms with Gasteiger partial charge in [0.2, 0.25) is 0 Å². The molecule has 0 spiro atoms. The zero-order valence-corrected chi connectivity index (χ0v) is 16.5. The highest BCUT2D eigenvalue weighted by molar-refractivity contribution is 7.21. The van der Waals surface area contributed by atoms with E-state index in [0.717, 1.165) is 21.8 Å². The lowest BCUT2D eigenvalue weighted by Crippen LogP contribution is -2.13. The first-order chi connectivity index (χ1) is 13.9. The number of aliphatic hydroxyl groups is 1. The first kappa shape index (κ1) is 20.7. The Labute approximate surface area is 168 Å². The van der Waals surface area contributed by atoms with Crippen molar-refractivity contribution < 1.29 is 24.1 Å². The molecule has 0 aliphatic rings. The van der Waals surface area contributed by atoms with Crippen molar-refractivity contribution in [2.45, 2.75) is 0 Å². The van der Waals surface area contributed by atoms with Gasteiger partial charge in [-0.2, -0.15) is 0 Å². The number of ether oxygens (including phenoxy) is 4. The van der Waals surface area contributed by atoms with Crippen molar-refractivity contribution in [2.24, 2.45) is 0 Å². The van der Waals surface area contributed by atoms with Crippen molar-refractivity contribution in [1.29, 1.82) is 0 Å². The SMILES string of the molecule is OCCOCCOCCOCCOc1ccc(-c2nc3ccccc3s2)cc1. The van der Waals surface area contributed by atoms with Crippen LogP contribution in [0.25, 0.3) is 20.8 Å². The number of fused-ring (bicyclic) bond motifs is 1. The standard InChI is InChI=1S/C21H25NO5S/c23-9-10-24-11-12-25-13-14-26-15-16-27-18-7-5-17(6-8-18)21-22-19-3-1-2-4-20(19)28-21/h1-8,23H,9-16H2. The van der Waals surface area contributed by atoms with Gasteiger partial charge in [-0.05, 0) is 36.4 Å². The van der Waals surface area contributed by atoms with Crippen molar-refractivity contribution in [3.63, 3.8) is 0 Å². The van der Waals surface area contributed by atoms with Gasteiger partial charge in [0.25, 0.3) is 0 Å². The molecule has 7 heteroatoms. The zero-order chi connectivity index (χ0) is 19.4. The van der Waals surface area contributed by atoms with Crippen LogP contribution in [-0.4, -0.2) is 62.9 Å². The largest absolute Gasteiger partial charge is 0.491 e. The van der Waals surface area contributed by atoms with E-state index in [1.807, 2.05) is 42.5 Å². The van der Waals surface area contributed by atoms with Crippen LogP contribution in [0.15, 0.2) is 48.5 Å². The minimum Gasteiger partial charge on any atom is -0.491 e. The molecular weight excluding hydrogens is 378 g/mol. The van der Waals surface area contributed by atoms with Crippen molar-refractivity contribution in [2.75, 3.05) is 52.9 Å². The summed E-state index contributed by atoms with van der Waals surface area (Å²) in [7, 11) is 0. The summed E-state index contributed by atoms with van der Waals surface area (Å²) in [5.74, 6) is 0.811. The Kier molecular flexibility index (Phi) is 8.67. The topological polar surface area (TPSA) is 70.0 Å². The molecule has 1 aromatic heterocycles. The highest BCUT2D eigenvalue weighted by Gasteiger charge is 2.06. The van der Waals surface area contributed by atoms with E-state index >= 15 is 0 Å². The maximum atomic E-state index is 8.56. The molecule has 0 fully saturated rings. The maximum absolute atomic E-state index is 8.56. The fraction of sp³-hybridized carbons (Fsp3) is 0.381. The second-order valence-corrected chi connectivity index (χ2v) is 6.95. The molecule has 150 valence electrons. The van der Waals surface area contributed by atoms with Gasteiger partial charge in [-0.25, -0.2) is 4.98 Å². The van der Waals surface area contributed by atoms with Gasteiger partial charge in [-0.3, -0.25) is 0 Å². The second kappa shape index (κ2) is 11.7. The number of nitrogens with zero attached hydrogens (tertiary/aromatic N) is 1. The van der Waals surface area contributed by atoms with Gasteiger partial charge >= 0.3 is 0 Å². The van der Waals surface area contributed by atoms with Crippen molar-refractivity contribution in [3.05, 3.63) is 48.5 Å². The van der Waals surface area contributed by atoms with E-state index in [1.54, 1.807) is 11.3 Å². The summed E-state index contributed by atoms with van der Waals surface area (Å²) in [6.45, 7) is 3.38. The number of rotatable bonds is 13. The van der Waals surface area contributed by atoms with Crippen LogP contribution in [0.2, 0.25) is 0 Å². The summed E-state index contributed by atoms with van der Waals surface area (Å²) in [6, 6.07) is 16.1. The monoisotopic (exact) mass is 403 g/mol. The quantitative estimate of drug-likeness (QED) is 0.441. The lowest BCUT2D eigenvalue weighted by atomic mass is 10.2. The van der Waals surface area contributed by atoms with Crippen LogP contribution in [0.3, 0.4) is 0 Å². The zero-order valence-electron chi connectivity index (χ0n) is 15.7. The van der Waals surface area contributed by atoms with Gasteiger partial charge in [-0.15, -0.1) is 11.3 Å². The third kappa shape index (κ3) is 6.54. The lowest BCUT2D eigenvalue weighted by molar-refractivity contribution is 0.00361. The first-order valence-electron chi connectivity index (χ1n) is 9.30. The first-order valence-corrected chi connectivity index (χ1v) is 10.1. The van der Waals surface area contributed by atoms with E-state index in [9.17, 15) is 0 Å². The summed E-state index contributed by atoms with van der Waals surface area (Å²) in [5.41, 5.74) is 2.12. The normalized spacial score (nSPS) is 11.2. The molecule has 28 heavy (non-hydrogen) atoms. The Morgan fingerprint density at radius 1 is 0.750 bits per heavy atom. The summed E-state index contributed by atoms with van der Waals surface area (Å²) >= 11 is 1.69. The molecule has 1 N–H and O–H groups in total. The molecule has 3 rings (SSSR count). The van der Waals surface area contributed by atoms with Gasteiger partial charge in [0, 0.05) is 5.56 Å². The molecule has 0 saturated carbocycles. The van der Waals surface area contributed by atoms with Gasteiger partial charge in [0.1, 0.15) is 17.4 Å². The molecule has 6 nitrogen and oxygen atoms in total. The number of thiazole rings is 1. The number of benzene rings is 2. The Balaban J connectivity index is 1.31. The van der Waals surface area contributed by atoms with Crippen LogP contribution < -0.4 is 4.74 Å². The van der Waals surface area contributed by atoms with E-state index in [1.165, 1.54) is 4.70 Å². The summed E-state index contributed by atoms with van der Waals surface area (Å²) in [6.07, 6.45) is 0. The molecule has 0 unspecified atom stereocenters. The van der Waals surface area contributed by atoms with Gasteiger partial charge < -0.3 is 24.1 Å². The fourth-order valence-corrected chi connectivity index (χ4v) is 3.49. The predicted molar refractivity (Wildman–Crippen MR) is 110 cm³/mol. The van der Waals surface area contributed by atoms with Crippen molar-refractivity contribution >= 4 is 21.6 Å². The Bertz CT molecular complexity index is 788. The van der Waals surface area contributed by atoms with E-state index in [4.69, 9.17) is 24.1 Å². The van der Waals surface area contributed by atoms with Gasteiger partial charge in [-0.1, -0.05) is 12.1 Å². The Hall–Kier alpha value is -2.03. The molecule has 0 aliphatic carbocycles. The van der Waals surface area contributed by atoms with Crippen LogP contribution in [0, 0.1) is 0 Å². The van der Waals surface area contributed by atoms with Crippen molar-refractivity contribution in [1.82, 2.24) is 4.98 Å². The fourth-order valence-electron chi connectivity index (χ4n) is 2.51. The summed E-state index contributed by atoms with van der Waals surface area (Å²) in [5, 5.41) is 9.58. The van der Waals surface area contributed by atoms with E-state index < -0.39 is 0 Å². The van der Waals surface area contributed by atoms with Crippen LogP contribution in [0.4, 0.5) is 0 Å². The molecule has 1 heterocycles. The molecule has 0 saturated heterocycles. The average Bonchev–Trinajstić information content (AvgIpc) is 3.17. The molecule has 0 radical (unpaired) electrons. The van der Waals surface area contributed by atoms with Crippen molar-refractivity contribution in [3.8, 4) is 16.3 Å². The molecule has 0 amide bonds. The van der Waals surface area contributed by atoms with Crippen LogP contribution >= 0.6 is 11.3 Å². The van der Waals surface area contributed by atoms with Crippen LogP contribution in [-0.2, 0) is 14.2 Å². The third-order valence-electron chi connectivity index (χ3n) is 3.87. The molecular formula is C21H25NO5S. The van der Waals surface area contributed by atoms with E-state index in [2.05, 4.69) is 11.1 Å². The number of para-hydroxylation sites is 1. The third-order valence-corrected chi connectivity index (χ3v) is 4.96. The minimum atomic E-state index is 0.0355. The Morgan fingerprint density at radius 3 is 2.07 bits per heavy atom. The molecule has 0 bridgehead atoms.